The predicted molar refractivity (Wildman–Crippen MR) is 101 cm³/mol. The summed E-state index contributed by atoms with van der Waals surface area (Å²) in [5.74, 6) is -0.702. The lowest BCUT2D eigenvalue weighted by Crippen LogP contribution is -2.48. The van der Waals surface area contributed by atoms with Crippen LogP contribution < -0.4 is 9.62 Å². The van der Waals surface area contributed by atoms with Crippen LogP contribution in [0.2, 0.25) is 0 Å². The zero-order chi connectivity index (χ0) is 19.3. The fourth-order valence-electron chi connectivity index (χ4n) is 2.63. The van der Waals surface area contributed by atoms with Crippen molar-refractivity contribution in [2.24, 2.45) is 0 Å². The summed E-state index contributed by atoms with van der Waals surface area (Å²) >= 11 is 0. The van der Waals surface area contributed by atoms with Gasteiger partial charge in [0.25, 0.3) is 0 Å². The van der Waals surface area contributed by atoms with E-state index in [-0.39, 0.29) is 5.82 Å². The van der Waals surface area contributed by atoms with E-state index in [0.29, 0.717) is 18.7 Å². The second kappa shape index (κ2) is 8.31. The van der Waals surface area contributed by atoms with Gasteiger partial charge in [0.1, 0.15) is 11.9 Å². The summed E-state index contributed by atoms with van der Waals surface area (Å²) in [6.45, 7) is 3.79. The van der Waals surface area contributed by atoms with Gasteiger partial charge in [0, 0.05) is 6.54 Å². The fourth-order valence-corrected chi connectivity index (χ4v) is 3.80. The van der Waals surface area contributed by atoms with Crippen molar-refractivity contribution in [3.63, 3.8) is 0 Å². The Balaban J connectivity index is 2.05. The zero-order valence-corrected chi connectivity index (χ0v) is 15.9. The van der Waals surface area contributed by atoms with Gasteiger partial charge in [-0.25, -0.2) is 12.8 Å². The molecule has 0 unspecified atom stereocenters. The monoisotopic (exact) mass is 378 g/mol. The molecule has 2 aromatic rings. The van der Waals surface area contributed by atoms with E-state index in [1.54, 1.807) is 43.3 Å². The molecule has 0 aromatic heterocycles. The average molecular weight is 378 g/mol. The molecule has 1 amide bonds. The third-order valence-corrected chi connectivity index (χ3v) is 5.24. The Morgan fingerprint density at radius 1 is 1.12 bits per heavy atom. The Morgan fingerprint density at radius 3 is 2.23 bits per heavy atom. The minimum atomic E-state index is -3.63. The molecule has 1 atom stereocenters. The molecule has 2 rings (SSSR count). The maximum atomic E-state index is 12.9. The molecule has 0 fully saturated rings. The van der Waals surface area contributed by atoms with E-state index < -0.39 is 22.0 Å². The van der Waals surface area contributed by atoms with Gasteiger partial charge in [-0.05, 0) is 50.1 Å². The number of benzene rings is 2. The SMILES string of the molecule is Cc1ccc(N([C@H](C)C(=O)NCCc2ccc(F)cc2)S(C)(=O)=O)cc1. The van der Waals surface area contributed by atoms with Crippen LogP contribution in [0.1, 0.15) is 18.1 Å². The highest BCUT2D eigenvalue weighted by Crippen LogP contribution is 2.21. The molecule has 0 saturated heterocycles. The lowest BCUT2D eigenvalue weighted by atomic mass is 10.1. The van der Waals surface area contributed by atoms with Gasteiger partial charge in [0.05, 0.1) is 11.9 Å². The lowest BCUT2D eigenvalue weighted by molar-refractivity contribution is -0.121. The summed E-state index contributed by atoms with van der Waals surface area (Å²) in [4.78, 5) is 12.4. The number of rotatable bonds is 7. The van der Waals surface area contributed by atoms with E-state index in [1.807, 2.05) is 6.92 Å². The van der Waals surface area contributed by atoms with Gasteiger partial charge >= 0.3 is 0 Å². The Morgan fingerprint density at radius 2 is 1.69 bits per heavy atom. The molecule has 0 aliphatic carbocycles. The number of carbonyl (C=O) groups is 1. The van der Waals surface area contributed by atoms with Gasteiger partial charge in [-0.2, -0.15) is 0 Å². The van der Waals surface area contributed by atoms with Crippen LogP contribution in [0.4, 0.5) is 10.1 Å². The Hall–Kier alpha value is -2.41. The molecule has 26 heavy (non-hydrogen) atoms. The van der Waals surface area contributed by atoms with Crippen molar-refractivity contribution in [2.45, 2.75) is 26.3 Å². The molecule has 0 spiro atoms. The van der Waals surface area contributed by atoms with Crippen LogP contribution in [0.25, 0.3) is 0 Å². The van der Waals surface area contributed by atoms with Crippen molar-refractivity contribution in [1.29, 1.82) is 0 Å². The van der Waals surface area contributed by atoms with Gasteiger partial charge in [-0.15, -0.1) is 0 Å². The van der Waals surface area contributed by atoms with Gasteiger partial charge < -0.3 is 5.32 Å². The summed E-state index contributed by atoms with van der Waals surface area (Å²) in [5.41, 5.74) is 2.33. The number of aryl methyl sites for hydroxylation is 1. The summed E-state index contributed by atoms with van der Waals surface area (Å²) < 4.78 is 38.4. The summed E-state index contributed by atoms with van der Waals surface area (Å²) in [5, 5.41) is 2.74. The number of halogens is 1. The molecule has 2 aromatic carbocycles. The third-order valence-electron chi connectivity index (χ3n) is 4.00. The topological polar surface area (TPSA) is 66.5 Å². The number of nitrogens with zero attached hydrogens (tertiary/aromatic N) is 1. The van der Waals surface area contributed by atoms with Gasteiger partial charge in [-0.1, -0.05) is 29.8 Å². The molecular formula is C19H23FN2O3S. The van der Waals surface area contributed by atoms with Crippen molar-refractivity contribution in [3.05, 3.63) is 65.5 Å². The Bertz CT molecular complexity index is 849. The van der Waals surface area contributed by atoms with E-state index in [1.165, 1.54) is 12.1 Å². The van der Waals surface area contributed by atoms with E-state index in [4.69, 9.17) is 0 Å². The van der Waals surface area contributed by atoms with E-state index >= 15 is 0 Å². The summed E-state index contributed by atoms with van der Waals surface area (Å²) in [7, 11) is -3.63. The molecule has 0 aliphatic rings. The molecule has 0 aliphatic heterocycles. The van der Waals surface area contributed by atoms with Gasteiger partial charge in [-0.3, -0.25) is 9.10 Å². The predicted octanol–water partition coefficient (Wildman–Crippen LogP) is 2.65. The molecule has 1 N–H and O–H groups in total. The Kier molecular flexibility index (Phi) is 6.37. The minimum Gasteiger partial charge on any atom is -0.354 e. The van der Waals surface area contributed by atoms with Crippen LogP contribution in [0.15, 0.2) is 48.5 Å². The van der Waals surface area contributed by atoms with Gasteiger partial charge in [0.2, 0.25) is 15.9 Å². The molecule has 140 valence electrons. The molecule has 7 heteroatoms. The normalized spacial score (nSPS) is 12.5. The zero-order valence-electron chi connectivity index (χ0n) is 15.1. The molecule has 0 saturated carbocycles. The average Bonchev–Trinajstić information content (AvgIpc) is 2.57. The first-order chi connectivity index (χ1) is 12.2. The number of nitrogens with one attached hydrogen (secondary N) is 1. The van der Waals surface area contributed by atoms with Crippen molar-refractivity contribution in [3.8, 4) is 0 Å². The van der Waals surface area contributed by atoms with Crippen LogP contribution in [0.3, 0.4) is 0 Å². The van der Waals surface area contributed by atoms with Crippen molar-refractivity contribution in [2.75, 3.05) is 17.1 Å². The van der Waals surface area contributed by atoms with Gasteiger partial charge in [0.15, 0.2) is 0 Å². The number of amides is 1. The minimum absolute atomic E-state index is 0.312. The molecule has 0 heterocycles. The maximum absolute atomic E-state index is 12.9. The van der Waals surface area contributed by atoms with Crippen molar-refractivity contribution in [1.82, 2.24) is 5.32 Å². The third kappa shape index (κ3) is 5.29. The molecule has 0 bridgehead atoms. The number of sulfonamides is 1. The summed E-state index contributed by atoms with van der Waals surface area (Å²) in [6.07, 6.45) is 1.61. The van der Waals surface area contributed by atoms with E-state index in [0.717, 1.165) is 21.7 Å². The first-order valence-corrected chi connectivity index (χ1v) is 10.1. The fraction of sp³-hybridized carbons (Fsp3) is 0.316. The lowest BCUT2D eigenvalue weighted by Gasteiger charge is -2.28. The number of hydrogen-bond acceptors (Lipinski definition) is 3. The number of anilines is 1. The molecular weight excluding hydrogens is 355 g/mol. The first kappa shape index (κ1) is 19.9. The summed E-state index contributed by atoms with van der Waals surface area (Å²) in [6, 6.07) is 12.1. The van der Waals surface area contributed by atoms with Crippen LogP contribution in [-0.2, 0) is 21.2 Å². The quantitative estimate of drug-likeness (QED) is 0.805. The van der Waals surface area contributed by atoms with E-state index in [9.17, 15) is 17.6 Å². The van der Waals surface area contributed by atoms with Crippen molar-refractivity contribution < 1.29 is 17.6 Å². The maximum Gasteiger partial charge on any atom is 0.243 e. The highest BCUT2D eigenvalue weighted by atomic mass is 32.2. The first-order valence-electron chi connectivity index (χ1n) is 8.26. The largest absolute Gasteiger partial charge is 0.354 e. The highest BCUT2D eigenvalue weighted by Gasteiger charge is 2.28. The number of hydrogen-bond donors (Lipinski definition) is 1. The second-order valence-electron chi connectivity index (χ2n) is 6.24. The smallest absolute Gasteiger partial charge is 0.243 e. The van der Waals surface area contributed by atoms with Crippen LogP contribution in [-0.4, -0.2) is 33.2 Å². The number of carbonyl (C=O) groups excluding carboxylic acids is 1. The Labute approximate surface area is 153 Å². The highest BCUT2D eigenvalue weighted by molar-refractivity contribution is 7.92. The standard InChI is InChI=1S/C19H23FN2O3S/c1-14-4-10-18(11-5-14)22(26(3,24)25)15(2)19(23)21-13-12-16-6-8-17(20)9-7-16/h4-11,15H,12-13H2,1-3H3,(H,21,23)/t15-/m1/s1. The van der Waals surface area contributed by atoms with Crippen LogP contribution in [0, 0.1) is 12.7 Å². The van der Waals surface area contributed by atoms with E-state index in [2.05, 4.69) is 5.32 Å². The second-order valence-corrected chi connectivity index (χ2v) is 8.10. The molecule has 0 radical (unpaired) electrons. The van der Waals surface area contributed by atoms with Crippen LogP contribution in [0.5, 0.6) is 0 Å². The van der Waals surface area contributed by atoms with Crippen molar-refractivity contribution >= 4 is 21.6 Å². The molecule has 5 nitrogen and oxygen atoms in total. The van der Waals surface area contributed by atoms with Crippen LogP contribution >= 0.6 is 0 Å².